The van der Waals surface area contributed by atoms with Crippen LogP contribution in [0.5, 0.6) is 0 Å². The van der Waals surface area contributed by atoms with Gasteiger partial charge in [-0.05, 0) is 37.6 Å². The number of hydrogen-bond donors (Lipinski definition) is 0. The molecule has 0 amide bonds. The molecule has 2 rings (SSSR count). The van der Waals surface area contributed by atoms with Gasteiger partial charge in [-0.15, -0.1) is 0 Å². The first-order valence-electron chi connectivity index (χ1n) is 5.46. The van der Waals surface area contributed by atoms with Crippen molar-refractivity contribution in [2.45, 2.75) is 20.4 Å². The molecule has 5 heteroatoms. The molecule has 0 saturated carbocycles. The number of rotatable bonds is 2. The van der Waals surface area contributed by atoms with E-state index in [9.17, 15) is 4.79 Å². The molecule has 0 fully saturated rings. The third kappa shape index (κ3) is 2.74. The Kier molecular flexibility index (Phi) is 3.73. The van der Waals surface area contributed by atoms with Crippen molar-refractivity contribution in [3.63, 3.8) is 0 Å². The van der Waals surface area contributed by atoms with Gasteiger partial charge in [-0.2, -0.15) is 4.98 Å². The molecular formula is C13H12Cl2N2O. The van der Waals surface area contributed by atoms with Crippen LogP contribution in [0.2, 0.25) is 10.0 Å². The number of benzene rings is 1. The quantitative estimate of drug-likeness (QED) is 0.848. The van der Waals surface area contributed by atoms with Crippen molar-refractivity contribution < 1.29 is 0 Å². The lowest BCUT2D eigenvalue weighted by atomic mass is 10.2. The zero-order chi connectivity index (χ0) is 13.3. The Morgan fingerprint density at radius 1 is 1.17 bits per heavy atom. The summed E-state index contributed by atoms with van der Waals surface area (Å²) in [6.45, 7) is 4.13. The zero-order valence-electron chi connectivity index (χ0n) is 10.1. The van der Waals surface area contributed by atoms with Gasteiger partial charge in [0, 0.05) is 11.4 Å². The van der Waals surface area contributed by atoms with Gasteiger partial charge in [-0.25, -0.2) is 4.79 Å². The summed E-state index contributed by atoms with van der Waals surface area (Å²) in [4.78, 5) is 15.7. The number of aromatic nitrogens is 2. The van der Waals surface area contributed by atoms with E-state index < -0.39 is 0 Å². The molecule has 18 heavy (non-hydrogen) atoms. The molecule has 1 aromatic carbocycles. The first kappa shape index (κ1) is 13.1. The summed E-state index contributed by atoms with van der Waals surface area (Å²) in [5.41, 5.74) is 2.26. The van der Waals surface area contributed by atoms with E-state index in [1.165, 1.54) is 0 Å². The molecule has 1 heterocycles. The zero-order valence-corrected chi connectivity index (χ0v) is 11.6. The molecule has 0 saturated heterocycles. The normalized spacial score (nSPS) is 10.7. The van der Waals surface area contributed by atoms with Crippen LogP contribution in [0.1, 0.15) is 17.0 Å². The highest BCUT2D eigenvalue weighted by Crippen LogP contribution is 2.22. The monoisotopic (exact) mass is 282 g/mol. The Morgan fingerprint density at radius 2 is 1.89 bits per heavy atom. The Hall–Kier alpha value is -1.32. The molecule has 0 atom stereocenters. The van der Waals surface area contributed by atoms with Crippen molar-refractivity contribution in [2.75, 3.05) is 0 Å². The number of aryl methyl sites for hydroxylation is 2. The maximum atomic E-state index is 11.8. The van der Waals surface area contributed by atoms with Crippen LogP contribution >= 0.6 is 23.2 Å². The van der Waals surface area contributed by atoms with E-state index in [1.807, 2.05) is 19.1 Å². The van der Waals surface area contributed by atoms with E-state index in [1.54, 1.807) is 23.6 Å². The van der Waals surface area contributed by atoms with Crippen LogP contribution in [0, 0.1) is 13.8 Å². The van der Waals surface area contributed by atoms with Crippen molar-refractivity contribution in [3.05, 3.63) is 61.7 Å². The van der Waals surface area contributed by atoms with Crippen LogP contribution in [0.15, 0.2) is 29.1 Å². The first-order valence-corrected chi connectivity index (χ1v) is 6.22. The second-order valence-corrected chi connectivity index (χ2v) is 4.97. The van der Waals surface area contributed by atoms with Gasteiger partial charge in [0.05, 0.1) is 16.6 Å². The predicted molar refractivity (Wildman–Crippen MR) is 73.5 cm³/mol. The fourth-order valence-corrected chi connectivity index (χ4v) is 2.11. The highest BCUT2D eigenvalue weighted by Gasteiger charge is 2.05. The first-order chi connectivity index (χ1) is 8.47. The fourth-order valence-electron chi connectivity index (χ4n) is 1.79. The SMILES string of the molecule is Cc1cc(C)n(Cc2ccc(Cl)c(Cl)c2)c(=O)n1. The number of nitrogens with zero attached hydrogens (tertiary/aromatic N) is 2. The van der Waals surface area contributed by atoms with E-state index in [4.69, 9.17) is 23.2 Å². The predicted octanol–water partition coefficient (Wildman–Crippen LogP) is 3.22. The average molecular weight is 283 g/mol. The minimum Gasteiger partial charge on any atom is -0.292 e. The minimum atomic E-state index is -0.251. The molecule has 0 aliphatic heterocycles. The van der Waals surface area contributed by atoms with Crippen molar-refractivity contribution in [1.29, 1.82) is 0 Å². The number of hydrogen-bond acceptors (Lipinski definition) is 2. The van der Waals surface area contributed by atoms with Crippen LogP contribution in [-0.4, -0.2) is 9.55 Å². The molecule has 1 aromatic heterocycles. The third-order valence-electron chi connectivity index (χ3n) is 2.67. The van der Waals surface area contributed by atoms with Crippen LogP contribution in [0.25, 0.3) is 0 Å². The van der Waals surface area contributed by atoms with Crippen LogP contribution in [-0.2, 0) is 6.54 Å². The molecule has 0 aliphatic carbocycles. The Bertz CT molecular complexity index is 650. The van der Waals surface area contributed by atoms with Gasteiger partial charge in [-0.3, -0.25) is 4.57 Å². The van der Waals surface area contributed by atoms with E-state index in [0.717, 1.165) is 17.0 Å². The Balaban J connectivity index is 2.40. The number of halogens is 2. The molecular weight excluding hydrogens is 271 g/mol. The summed E-state index contributed by atoms with van der Waals surface area (Å²) in [6.07, 6.45) is 0. The molecule has 0 unspecified atom stereocenters. The summed E-state index contributed by atoms with van der Waals surface area (Å²) >= 11 is 11.8. The fraction of sp³-hybridized carbons (Fsp3) is 0.231. The van der Waals surface area contributed by atoms with Gasteiger partial charge in [0.25, 0.3) is 0 Å². The smallest absolute Gasteiger partial charge is 0.292 e. The summed E-state index contributed by atoms with van der Waals surface area (Å²) in [6, 6.07) is 7.20. The van der Waals surface area contributed by atoms with E-state index in [0.29, 0.717) is 16.6 Å². The Morgan fingerprint density at radius 3 is 2.50 bits per heavy atom. The molecule has 0 bridgehead atoms. The second-order valence-electron chi connectivity index (χ2n) is 4.16. The summed E-state index contributed by atoms with van der Waals surface area (Å²) in [5.74, 6) is 0. The molecule has 0 aliphatic rings. The van der Waals surface area contributed by atoms with Crippen LogP contribution in [0.3, 0.4) is 0 Å². The molecule has 2 aromatic rings. The molecule has 0 radical (unpaired) electrons. The van der Waals surface area contributed by atoms with Crippen molar-refractivity contribution in [3.8, 4) is 0 Å². The highest BCUT2D eigenvalue weighted by atomic mass is 35.5. The summed E-state index contributed by atoms with van der Waals surface area (Å²) in [5, 5.41) is 0.992. The second kappa shape index (κ2) is 5.12. The third-order valence-corrected chi connectivity index (χ3v) is 3.41. The summed E-state index contributed by atoms with van der Waals surface area (Å²) < 4.78 is 1.60. The largest absolute Gasteiger partial charge is 0.348 e. The van der Waals surface area contributed by atoms with E-state index in [2.05, 4.69) is 4.98 Å². The van der Waals surface area contributed by atoms with Crippen molar-refractivity contribution >= 4 is 23.2 Å². The lowest BCUT2D eigenvalue weighted by Crippen LogP contribution is -2.26. The van der Waals surface area contributed by atoms with E-state index >= 15 is 0 Å². The molecule has 0 N–H and O–H groups in total. The summed E-state index contributed by atoms with van der Waals surface area (Å²) in [7, 11) is 0. The van der Waals surface area contributed by atoms with Crippen molar-refractivity contribution in [1.82, 2.24) is 9.55 Å². The lowest BCUT2D eigenvalue weighted by molar-refractivity contribution is 0.694. The van der Waals surface area contributed by atoms with Crippen LogP contribution < -0.4 is 5.69 Å². The topological polar surface area (TPSA) is 34.9 Å². The minimum absolute atomic E-state index is 0.251. The van der Waals surface area contributed by atoms with Gasteiger partial charge >= 0.3 is 5.69 Å². The standard InChI is InChI=1S/C13H12Cl2N2O/c1-8-5-9(2)17(13(18)16-8)7-10-3-4-11(14)12(15)6-10/h3-6H,7H2,1-2H3. The maximum absolute atomic E-state index is 11.8. The molecule has 3 nitrogen and oxygen atoms in total. The lowest BCUT2D eigenvalue weighted by Gasteiger charge is -2.10. The van der Waals surface area contributed by atoms with E-state index in [-0.39, 0.29) is 5.69 Å². The average Bonchev–Trinajstić information content (AvgIpc) is 2.28. The van der Waals surface area contributed by atoms with Gasteiger partial charge in [0.2, 0.25) is 0 Å². The Labute approximate surface area is 115 Å². The van der Waals surface area contributed by atoms with Gasteiger partial charge in [0.15, 0.2) is 0 Å². The molecule has 0 spiro atoms. The maximum Gasteiger partial charge on any atom is 0.348 e. The molecule has 94 valence electrons. The van der Waals surface area contributed by atoms with Gasteiger partial charge in [-0.1, -0.05) is 29.3 Å². The van der Waals surface area contributed by atoms with Gasteiger partial charge < -0.3 is 0 Å². The highest BCUT2D eigenvalue weighted by molar-refractivity contribution is 6.42. The van der Waals surface area contributed by atoms with Crippen LogP contribution in [0.4, 0.5) is 0 Å². The van der Waals surface area contributed by atoms with Gasteiger partial charge in [0.1, 0.15) is 0 Å². The van der Waals surface area contributed by atoms with Crippen molar-refractivity contribution in [2.24, 2.45) is 0 Å².